The zero-order chi connectivity index (χ0) is 14.0. The summed E-state index contributed by atoms with van der Waals surface area (Å²) in [6, 6.07) is 6.91. The number of nitrogens with zero attached hydrogens (tertiary/aromatic N) is 1. The number of nitrogen functional groups attached to an aromatic ring is 1. The van der Waals surface area contributed by atoms with Crippen LogP contribution in [-0.2, 0) is 6.54 Å². The van der Waals surface area contributed by atoms with E-state index in [0.29, 0.717) is 22.8 Å². The van der Waals surface area contributed by atoms with Crippen LogP contribution >= 0.6 is 38.9 Å². The quantitative estimate of drug-likeness (QED) is 0.841. The molecule has 0 aliphatic rings. The van der Waals surface area contributed by atoms with Crippen LogP contribution in [0.5, 0.6) is 0 Å². The minimum Gasteiger partial charge on any atom is -0.399 e. The number of carbonyl (C=O) groups is 1. The van der Waals surface area contributed by atoms with Crippen LogP contribution in [0.15, 0.2) is 34.1 Å². The Morgan fingerprint density at radius 3 is 2.84 bits per heavy atom. The zero-order valence-corrected chi connectivity index (χ0v) is 13.3. The van der Waals surface area contributed by atoms with Crippen LogP contribution in [0.4, 0.5) is 5.69 Å². The van der Waals surface area contributed by atoms with Crippen molar-refractivity contribution in [2.24, 2.45) is 0 Å². The number of nitrogens with two attached hydrogens (primary N) is 1. The maximum absolute atomic E-state index is 12.3. The average Bonchev–Trinajstić information content (AvgIpc) is 2.77. The van der Waals surface area contributed by atoms with Crippen molar-refractivity contribution in [3.63, 3.8) is 0 Å². The van der Waals surface area contributed by atoms with Gasteiger partial charge in [0.1, 0.15) is 0 Å². The van der Waals surface area contributed by atoms with Gasteiger partial charge in [-0.1, -0.05) is 11.6 Å². The number of anilines is 1. The van der Waals surface area contributed by atoms with Crippen molar-refractivity contribution in [1.29, 1.82) is 0 Å². The predicted octanol–water partition coefficient (Wildman–Crippen LogP) is 4.02. The van der Waals surface area contributed by atoms with Gasteiger partial charge in [-0.2, -0.15) is 0 Å². The average molecular weight is 360 g/mol. The number of amides is 1. The minimum atomic E-state index is -0.137. The fourth-order valence-corrected chi connectivity index (χ4v) is 3.36. The highest BCUT2D eigenvalue weighted by Crippen LogP contribution is 2.23. The Labute approximate surface area is 129 Å². The van der Waals surface area contributed by atoms with Crippen LogP contribution in [0, 0.1) is 0 Å². The Kier molecular flexibility index (Phi) is 4.50. The molecule has 2 N–H and O–H groups in total. The predicted molar refractivity (Wildman–Crippen MR) is 83.7 cm³/mol. The van der Waals surface area contributed by atoms with Crippen molar-refractivity contribution in [3.8, 4) is 0 Å². The molecular weight excluding hydrogens is 348 g/mol. The molecule has 2 rings (SSSR count). The molecule has 1 amide bonds. The smallest absolute Gasteiger partial charge is 0.255 e. The lowest BCUT2D eigenvalue weighted by molar-refractivity contribution is 0.0786. The molecule has 0 unspecified atom stereocenters. The highest BCUT2D eigenvalue weighted by atomic mass is 79.9. The van der Waals surface area contributed by atoms with Crippen LogP contribution < -0.4 is 5.73 Å². The third-order valence-electron chi connectivity index (χ3n) is 2.58. The second-order valence-corrected chi connectivity index (χ2v) is 6.45. The van der Waals surface area contributed by atoms with Gasteiger partial charge in [-0.15, -0.1) is 11.3 Å². The zero-order valence-electron chi connectivity index (χ0n) is 10.2. The molecule has 0 bridgehead atoms. The highest BCUT2D eigenvalue weighted by molar-refractivity contribution is 9.10. The van der Waals surface area contributed by atoms with Gasteiger partial charge in [0.15, 0.2) is 0 Å². The molecule has 1 aromatic heterocycles. The van der Waals surface area contributed by atoms with Crippen molar-refractivity contribution in [1.82, 2.24) is 4.90 Å². The summed E-state index contributed by atoms with van der Waals surface area (Å²) < 4.78 is 1.02. The van der Waals surface area contributed by atoms with E-state index in [4.69, 9.17) is 17.3 Å². The second-order valence-electron chi connectivity index (χ2n) is 4.13. The van der Waals surface area contributed by atoms with E-state index in [9.17, 15) is 4.79 Å². The largest absolute Gasteiger partial charge is 0.399 e. The van der Waals surface area contributed by atoms with Gasteiger partial charge in [0.25, 0.3) is 5.91 Å². The number of benzene rings is 1. The molecule has 1 aromatic carbocycles. The standard InChI is InChI=1S/C13H12BrClN2OS/c1-17(6-10-4-8(14)7-19-10)13(18)11-5-9(16)2-3-12(11)15/h2-5,7H,6,16H2,1H3. The van der Waals surface area contributed by atoms with Crippen molar-refractivity contribution in [2.75, 3.05) is 12.8 Å². The van der Waals surface area contributed by atoms with Gasteiger partial charge in [-0.25, -0.2) is 0 Å². The summed E-state index contributed by atoms with van der Waals surface area (Å²) in [7, 11) is 1.75. The van der Waals surface area contributed by atoms with Crippen molar-refractivity contribution in [2.45, 2.75) is 6.54 Å². The van der Waals surface area contributed by atoms with Gasteiger partial charge in [0.2, 0.25) is 0 Å². The van der Waals surface area contributed by atoms with E-state index in [-0.39, 0.29) is 5.91 Å². The molecule has 1 heterocycles. The van der Waals surface area contributed by atoms with Gasteiger partial charge >= 0.3 is 0 Å². The van der Waals surface area contributed by atoms with Crippen molar-refractivity contribution >= 4 is 50.5 Å². The molecule has 0 fully saturated rings. The number of hydrogen-bond acceptors (Lipinski definition) is 3. The molecule has 0 spiro atoms. The Morgan fingerprint density at radius 2 is 2.21 bits per heavy atom. The van der Waals surface area contributed by atoms with Gasteiger partial charge < -0.3 is 10.6 Å². The molecule has 0 radical (unpaired) electrons. The molecule has 19 heavy (non-hydrogen) atoms. The molecule has 2 aromatic rings. The molecule has 6 heteroatoms. The van der Waals surface area contributed by atoms with Gasteiger partial charge in [0.05, 0.1) is 17.1 Å². The Balaban J connectivity index is 2.16. The third-order valence-corrected chi connectivity index (χ3v) is 4.59. The van der Waals surface area contributed by atoms with E-state index in [0.717, 1.165) is 9.35 Å². The number of thiophene rings is 1. The van der Waals surface area contributed by atoms with E-state index < -0.39 is 0 Å². The molecule has 0 aliphatic carbocycles. The lowest BCUT2D eigenvalue weighted by Gasteiger charge is -2.17. The van der Waals surface area contributed by atoms with Crippen molar-refractivity contribution < 1.29 is 4.79 Å². The van der Waals surface area contributed by atoms with Crippen molar-refractivity contribution in [3.05, 3.63) is 49.6 Å². The summed E-state index contributed by atoms with van der Waals surface area (Å²) in [5.41, 5.74) is 6.65. The first-order chi connectivity index (χ1) is 8.97. The number of halogens is 2. The fourth-order valence-electron chi connectivity index (χ4n) is 1.65. The second kappa shape index (κ2) is 5.94. The molecular formula is C13H12BrClN2OS. The summed E-state index contributed by atoms with van der Waals surface area (Å²) in [6.07, 6.45) is 0. The van der Waals surface area contributed by atoms with Crippen LogP contribution in [0.2, 0.25) is 5.02 Å². The van der Waals surface area contributed by atoms with Gasteiger partial charge in [-0.3, -0.25) is 4.79 Å². The lowest BCUT2D eigenvalue weighted by atomic mass is 10.2. The normalized spacial score (nSPS) is 10.5. The first-order valence-electron chi connectivity index (χ1n) is 5.51. The van der Waals surface area contributed by atoms with E-state index >= 15 is 0 Å². The Morgan fingerprint density at radius 1 is 1.47 bits per heavy atom. The van der Waals surface area contributed by atoms with Crippen LogP contribution in [0.3, 0.4) is 0 Å². The van der Waals surface area contributed by atoms with Gasteiger partial charge in [0, 0.05) is 27.5 Å². The maximum atomic E-state index is 12.3. The summed E-state index contributed by atoms with van der Waals surface area (Å²) in [6.45, 7) is 0.542. The van der Waals surface area contributed by atoms with E-state index in [1.54, 1.807) is 41.5 Å². The van der Waals surface area contributed by atoms with Crippen LogP contribution in [-0.4, -0.2) is 17.9 Å². The van der Waals surface area contributed by atoms with Crippen LogP contribution in [0.25, 0.3) is 0 Å². The number of carbonyl (C=O) groups excluding carboxylic acids is 1. The number of rotatable bonds is 3. The van der Waals surface area contributed by atoms with E-state index in [1.165, 1.54) is 0 Å². The lowest BCUT2D eigenvalue weighted by Crippen LogP contribution is -2.26. The molecule has 100 valence electrons. The third kappa shape index (κ3) is 3.49. The summed E-state index contributed by atoms with van der Waals surface area (Å²) in [5, 5.41) is 2.40. The monoisotopic (exact) mass is 358 g/mol. The van der Waals surface area contributed by atoms with E-state index in [2.05, 4.69) is 15.9 Å². The number of hydrogen-bond donors (Lipinski definition) is 1. The summed E-state index contributed by atoms with van der Waals surface area (Å²) >= 11 is 11.0. The first-order valence-corrected chi connectivity index (χ1v) is 7.56. The van der Waals surface area contributed by atoms with Gasteiger partial charge in [-0.05, 0) is 40.2 Å². The Bertz CT molecular complexity index is 614. The van der Waals surface area contributed by atoms with Crippen LogP contribution in [0.1, 0.15) is 15.2 Å². The highest BCUT2D eigenvalue weighted by Gasteiger charge is 2.16. The molecule has 3 nitrogen and oxygen atoms in total. The Hall–Kier alpha value is -1.04. The summed E-state index contributed by atoms with van der Waals surface area (Å²) in [5.74, 6) is -0.137. The summed E-state index contributed by atoms with van der Waals surface area (Å²) in [4.78, 5) is 15.0. The molecule has 0 saturated heterocycles. The molecule has 0 saturated carbocycles. The fraction of sp³-hybridized carbons (Fsp3) is 0.154. The molecule has 0 atom stereocenters. The molecule has 0 aliphatic heterocycles. The minimum absolute atomic E-state index is 0.137. The SMILES string of the molecule is CN(Cc1cc(Br)cs1)C(=O)c1cc(N)ccc1Cl. The van der Waals surface area contributed by atoms with E-state index in [1.807, 2.05) is 11.4 Å². The maximum Gasteiger partial charge on any atom is 0.255 e. The topological polar surface area (TPSA) is 46.3 Å². The first kappa shape index (κ1) is 14.4.